The van der Waals surface area contributed by atoms with Crippen molar-refractivity contribution in [3.05, 3.63) is 35.9 Å². The van der Waals surface area contributed by atoms with Crippen LogP contribution in [0.1, 0.15) is 25.8 Å². The lowest BCUT2D eigenvalue weighted by Crippen LogP contribution is -2.78. The van der Waals surface area contributed by atoms with Gasteiger partial charge in [-0.15, -0.1) is 0 Å². The number of rotatable bonds is 5. The van der Waals surface area contributed by atoms with Crippen LogP contribution in [0.5, 0.6) is 0 Å². The first kappa shape index (κ1) is 17.5. The molecule has 3 fully saturated rings. The number of aliphatic hydroxyl groups excluding tert-OH is 1. The molecule has 3 aliphatic rings. The quantitative estimate of drug-likeness (QED) is 0.881. The van der Waals surface area contributed by atoms with Gasteiger partial charge >= 0.3 is 0 Å². The number of piperazine rings is 1. The summed E-state index contributed by atoms with van der Waals surface area (Å²) >= 11 is 0. The van der Waals surface area contributed by atoms with E-state index in [1.807, 2.05) is 0 Å². The largest absolute Gasteiger partial charge is 0.392 e. The molecule has 0 bridgehead atoms. The highest BCUT2D eigenvalue weighted by atomic mass is 16.3. The topological polar surface area (TPSA) is 30.0 Å². The summed E-state index contributed by atoms with van der Waals surface area (Å²) in [6.07, 6.45) is 1.95. The number of likely N-dealkylation sites (tertiary alicyclic amines) is 1. The fourth-order valence-corrected chi connectivity index (χ4v) is 5.33. The minimum Gasteiger partial charge on any atom is -0.392 e. The van der Waals surface area contributed by atoms with Crippen LogP contribution < -0.4 is 0 Å². The van der Waals surface area contributed by atoms with E-state index in [0.29, 0.717) is 6.04 Å². The van der Waals surface area contributed by atoms with Gasteiger partial charge in [-0.05, 0) is 24.3 Å². The van der Waals surface area contributed by atoms with Gasteiger partial charge in [0.05, 0.1) is 11.6 Å². The second kappa shape index (κ2) is 6.99. The van der Waals surface area contributed by atoms with Crippen molar-refractivity contribution in [1.29, 1.82) is 0 Å². The van der Waals surface area contributed by atoms with Crippen LogP contribution in [-0.2, 0) is 6.42 Å². The zero-order valence-corrected chi connectivity index (χ0v) is 15.8. The van der Waals surface area contributed by atoms with Crippen molar-refractivity contribution < 1.29 is 5.11 Å². The molecule has 2 atom stereocenters. The maximum absolute atomic E-state index is 10.2. The Morgan fingerprint density at radius 3 is 2.52 bits per heavy atom. The van der Waals surface area contributed by atoms with E-state index in [-0.39, 0.29) is 11.6 Å². The summed E-state index contributed by atoms with van der Waals surface area (Å²) in [5.41, 5.74) is 1.71. The van der Waals surface area contributed by atoms with E-state index in [2.05, 4.69) is 58.9 Å². The molecule has 138 valence electrons. The van der Waals surface area contributed by atoms with E-state index in [1.165, 1.54) is 25.2 Å². The second-order valence-electron chi connectivity index (χ2n) is 8.95. The molecule has 0 saturated carbocycles. The van der Waals surface area contributed by atoms with E-state index in [4.69, 9.17) is 0 Å². The molecule has 3 heterocycles. The van der Waals surface area contributed by atoms with Gasteiger partial charge in [-0.25, -0.2) is 0 Å². The molecule has 0 aromatic heterocycles. The van der Waals surface area contributed by atoms with Gasteiger partial charge in [-0.2, -0.15) is 0 Å². The predicted octanol–water partition coefficient (Wildman–Crippen LogP) is 1.69. The fraction of sp³-hybridized carbons (Fsp3) is 0.714. The van der Waals surface area contributed by atoms with E-state index in [0.717, 1.165) is 44.9 Å². The number of fused-ring (bicyclic) bond motifs is 2. The standard InChI is InChI=1S/C21H33N3O/c1-17(2)11-23-15-21(16-23)14-22(9-8-18-6-4-3-5-7-18)12-19-10-20(25)13-24(19)21/h3-7,17,19-20,25H,8-16H2,1-2H3/t19-,20+/m0/s1. The number of β-amino-alcohol motifs (C(OH)–C–C–N with tert-alkyl or cyclic N) is 1. The molecular weight excluding hydrogens is 310 g/mol. The number of nitrogens with zero attached hydrogens (tertiary/aromatic N) is 3. The van der Waals surface area contributed by atoms with E-state index < -0.39 is 0 Å². The Morgan fingerprint density at radius 1 is 1.08 bits per heavy atom. The summed E-state index contributed by atoms with van der Waals surface area (Å²) in [6, 6.07) is 11.4. The molecule has 3 saturated heterocycles. The van der Waals surface area contributed by atoms with Gasteiger partial charge in [0.15, 0.2) is 0 Å². The van der Waals surface area contributed by atoms with Crippen LogP contribution in [0.3, 0.4) is 0 Å². The lowest BCUT2D eigenvalue weighted by molar-refractivity contribution is -0.115. The molecular formula is C21H33N3O. The molecule has 1 N–H and O–H groups in total. The third-order valence-electron chi connectivity index (χ3n) is 6.21. The Kier molecular flexibility index (Phi) is 4.89. The number of hydrogen-bond acceptors (Lipinski definition) is 4. The van der Waals surface area contributed by atoms with Crippen LogP contribution >= 0.6 is 0 Å². The van der Waals surface area contributed by atoms with Gasteiger partial charge in [0.25, 0.3) is 0 Å². The van der Waals surface area contributed by atoms with Crippen molar-refractivity contribution >= 4 is 0 Å². The minimum absolute atomic E-state index is 0.130. The first-order valence-corrected chi connectivity index (χ1v) is 9.97. The van der Waals surface area contributed by atoms with Crippen LogP contribution in [0, 0.1) is 5.92 Å². The van der Waals surface area contributed by atoms with Gasteiger partial charge in [-0.3, -0.25) is 14.7 Å². The van der Waals surface area contributed by atoms with Gasteiger partial charge < -0.3 is 5.11 Å². The lowest BCUT2D eigenvalue weighted by atomic mass is 9.83. The normalized spacial score (nSPS) is 29.9. The zero-order valence-electron chi connectivity index (χ0n) is 15.8. The summed E-state index contributed by atoms with van der Waals surface area (Å²) in [4.78, 5) is 7.93. The van der Waals surface area contributed by atoms with E-state index >= 15 is 0 Å². The van der Waals surface area contributed by atoms with E-state index in [9.17, 15) is 5.11 Å². The number of aliphatic hydroxyl groups is 1. The molecule has 1 aromatic carbocycles. The smallest absolute Gasteiger partial charge is 0.0682 e. The molecule has 4 heteroatoms. The van der Waals surface area contributed by atoms with Crippen LogP contribution in [-0.4, -0.2) is 83.3 Å². The van der Waals surface area contributed by atoms with Crippen LogP contribution in [0.25, 0.3) is 0 Å². The molecule has 4 nitrogen and oxygen atoms in total. The van der Waals surface area contributed by atoms with Crippen molar-refractivity contribution in [3.8, 4) is 0 Å². The molecule has 4 rings (SSSR count). The number of benzene rings is 1. The van der Waals surface area contributed by atoms with Crippen molar-refractivity contribution in [3.63, 3.8) is 0 Å². The summed E-state index contributed by atoms with van der Waals surface area (Å²) in [7, 11) is 0. The first-order valence-electron chi connectivity index (χ1n) is 9.97. The Labute approximate surface area is 152 Å². The second-order valence-corrected chi connectivity index (χ2v) is 8.95. The molecule has 1 spiro atoms. The third-order valence-corrected chi connectivity index (χ3v) is 6.21. The Bertz CT molecular complexity index is 570. The molecule has 25 heavy (non-hydrogen) atoms. The van der Waals surface area contributed by atoms with Crippen molar-refractivity contribution in [1.82, 2.24) is 14.7 Å². The first-order chi connectivity index (χ1) is 12.0. The molecule has 0 unspecified atom stereocenters. The van der Waals surface area contributed by atoms with Crippen molar-refractivity contribution in [2.45, 2.75) is 44.4 Å². The van der Waals surface area contributed by atoms with Crippen molar-refractivity contribution in [2.24, 2.45) is 5.92 Å². The van der Waals surface area contributed by atoms with Gasteiger partial charge in [0, 0.05) is 51.9 Å². The van der Waals surface area contributed by atoms with Gasteiger partial charge in [0.2, 0.25) is 0 Å². The minimum atomic E-state index is -0.130. The lowest BCUT2D eigenvalue weighted by Gasteiger charge is -2.61. The van der Waals surface area contributed by atoms with Crippen LogP contribution in [0.4, 0.5) is 0 Å². The number of hydrogen-bond donors (Lipinski definition) is 1. The highest BCUT2D eigenvalue weighted by Gasteiger charge is 2.55. The average molecular weight is 344 g/mol. The predicted molar refractivity (Wildman–Crippen MR) is 102 cm³/mol. The zero-order chi connectivity index (χ0) is 17.4. The summed E-state index contributed by atoms with van der Waals surface area (Å²) in [6.45, 7) is 12.5. The molecule has 0 radical (unpaired) electrons. The summed E-state index contributed by atoms with van der Waals surface area (Å²) in [5.74, 6) is 0.732. The Morgan fingerprint density at radius 2 is 1.80 bits per heavy atom. The average Bonchev–Trinajstić information content (AvgIpc) is 2.93. The maximum atomic E-state index is 10.2. The van der Waals surface area contributed by atoms with Gasteiger partial charge in [-0.1, -0.05) is 44.2 Å². The maximum Gasteiger partial charge on any atom is 0.0682 e. The van der Waals surface area contributed by atoms with E-state index in [1.54, 1.807) is 0 Å². The third kappa shape index (κ3) is 3.63. The highest BCUT2D eigenvalue weighted by Crippen LogP contribution is 2.39. The molecule has 0 amide bonds. The highest BCUT2D eigenvalue weighted by molar-refractivity contribution is 5.16. The van der Waals surface area contributed by atoms with Crippen LogP contribution in [0.15, 0.2) is 30.3 Å². The molecule has 0 aliphatic carbocycles. The van der Waals surface area contributed by atoms with Crippen LogP contribution in [0.2, 0.25) is 0 Å². The van der Waals surface area contributed by atoms with Crippen molar-refractivity contribution in [2.75, 3.05) is 45.8 Å². The Balaban J connectivity index is 1.41. The molecule has 3 aliphatic heterocycles. The molecule has 1 aromatic rings. The Hall–Kier alpha value is -0.940. The fourth-order valence-electron chi connectivity index (χ4n) is 5.33. The monoisotopic (exact) mass is 343 g/mol. The SMILES string of the molecule is CC(C)CN1CC2(CN(CCc3ccccc3)C[C@@H]3C[C@@H](O)CN32)C1. The summed E-state index contributed by atoms with van der Waals surface area (Å²) < 4.78 is 0. The summed E-state index contributed by atoms with van der Waals surface area (Å²) in [5, 5.41) is 10.2. The van der Waals surface area contributed by atoms with Gasteiger partial charge in [0.1, 0.15) is 0 Å².